The molecule has 3 aromatic rings. The van der Waals surface area contributed by atoms with Crippen molar-refractivity contribution in [1.82, 2.24) is 9.97 Å². The summed E-state index contributed by atoms with van der Waals surface area (Å²) in [6.07, 6.45) is 7.72. The Kier molecular flexibility index (Phi) is 5.40. The van der Waals surface area contributed by atoms with E-state index in [1.165, 1.54) is 11.6 Å². The van der Waals surface area contributed by atoms with Crippen LogP contribution in [0.5, 0.6) is 0 Å². The first kappa shape index (κ1) is 21.3. The number of anilines is 1. The average molecular weight is 452 g/mol. The molecule has 3 unspecified atom stereocenters. The van der Waals surface area contributed by atoms with E-state index in [4.69, 9.17) is 11.6 Å². The van der Waals surface area contributed by atoms with Gasteiger partial charge in [-0.15, -0.1) is 0 Å². The number of pyridine rings is 2. The zero-order valence-electron chi connectivity index (χ0n) is 18.3. The van der Waals surface area contributed by atoms with Gasteiger partial charge in [0.1, 0.15) is 11.0 Å². The molecule has 0 bridgehead atoms. The largest absolute Gasteiger partial charge is 0.324 e. The summed E-state index contributed by atoms with van der Waals surface area (Å²) in [6, 6.07) is 10.4. The van der Waals surface area contributed by atoms with Crippen molar-refractivity contribution >= 4 is 34.1 Å². The molecule has 4 nitrogen and oxygen atoms in total. The first-order valence-corrected chi connectivity index (χ1v) is 11.7. The molecule has 4 atom stereocenters. The van der Waals surface area contributed by atoms with Gasteiger partial charge in [0.05, 0.1) is 17.4 Å². The molecule has 2 heterocycles. The molecule has 32 heavy (non-hydrogen) atoms. The monoisotopic (exact) mass is 451 g/mol. The fourth-order valence-electron chi connectivity index (χ4n) is 5.88. The van der Waals surface area contributed by atoms with Gasteiger partial charge in [-0.05, 0) is 91.3 Å². The van der Waals surface area contributed by atoms with Crippen LogP contribution >= 0.6 is 11.6 Å². The maximum Gasteiger partial charge on any atom is 0.230 e. The van der Waals surface area contributed by atoms with Crippen LogP contribution in [0.4, 0.5) is 10.1 Å². The summed E-state index contributed by atoms with van der Waals surface area (Å²) < 4.78 is 13.9. The van der Waals surface area contributed by atoms with E-state index in [-0.39, 0.29) is 11.7 Å². The van der Waals surface area contributed by atoms with Crippen LogP contribution in [0.15, 0.2) is 48.8 Å². The molecular weight excluding hydrogens is 425 g/mol. The smallest absolute Gasteiger partial charge is 0.230 e. The Balaban J connectivity index is 1.28. The number of nitrogens with one attached hydrogen (secondary N) is 1. The summed E-state index contributed by atoms with van der Waals surface area (Å²) in [6.45, 7) is 4.10. The molecule has 2 aliphatic rings. The summed E-state index contributed by atoms with van der Waals surface area (Å²) >= 11 is 5.85. The molecule has 2 saturated carbocycles. The molecule has 0 saturated heterocycles. The van der Waals surface area contributed by atoms with Gasteiger partial charge in [-0.2, -0.15) is 0 Å². The molecule has 0 radical (unpaired) electrons. The van der Waals surface area contributed by atoms with Crippen LogP contribution < -0.4 is 5.32 Å². The van der Waals surface area contributed by atoms with E-state index < -0.39 is 5.41 Å². The Morgan fingerprint density at radius 3 is 2.50 bits per heavy atom. The maximum absolute atomic E-state index is 13.9. The molecule has 2 fully saturated rings. The summed E-state index contributed by atoms with van der Waals surface area (Å²) in [7, 11) is 0. The highest BCUT2D eigenvalue weighted by Gasteiger charge is 2.48. The maximum atomic E-state index is 13.9. The van der Waals surface area contributed by atoms with E-state index in [9.17, 15) is 9.18 Å². The van der Waals surface area contributed by atoms with E-state index in [1.807, 2.05) is 20.0 Å². The highest BCUT2D eigenvalue weighted by Crippen LogP contribution is 2.56. The lowest BCUT2D eigenvalue weighted by Gasteiger charge is -2.31. The van der Waals surface area contributed by atoms with Gasteiger partial charge in [0.25, 0.3) is 0 Å². The summed E-state index contributed by atoms with van der Waals surface area (Å²) in [4.78, 5) is 21.5. The summed E-state index contributed by atoms with van der Waals surface area (Å²) in [5.41, 5.74) is 2.27. The van der Waals surface area contributed by atoms with Gasteiger partial charge in [-0.3, -0.25) is 9.78 Å². The van der Waals surface area contributed by atoms with Crippen LogP contribution in [0.1, 0.15) is 51.0 Å². The Bertz CT molecular complexity index is 1150. The number of amides is 1. The molecule has 1 aromatic carbocycles. The molecule has 1 amide bonds. The molecule has 0 spiro atoms. The quantitative estimate of drug-likeness (QED) is 0.454. The fraction of sp³-hybridized carbons (Fsp3) is 0.423. The van der Waals surface area contributed by atoms with Crippen molar-refractivity contribution in [2.75, 3.05) is 5.32 Å². The van der Waals surface area contributed by atoms with Crippen LogP contribution in [0.2, 0.25) is 5.15 Å². The minimum Gasteiger partial charge on any atom is -0.324 e. The number of hydrogen-bond acceptors (Lipinski definition) is 3. The number of carbonyl (C=O) groups is 1. The third-order valence-corrected chi connectivity index (χ3v) is 8.01. The van der Waals surface area contributed by atoms with Crippen molar-refractivity contribution in [3.05, 3.63) is 65.3 Å². The van der Waals surface area contributed by atoms with E-state index in [0.717, 1.165) is 36.6 Å². The van der Waals surface area contributed by atoms with Crippen molar-refractivity contribution in [1.29, 1.82) is 0 Å². The zero-order valence-corrected chi connectivity index (χ0v) is 19.1. The van der Waals surface area contributed by atoms with Crippen LogP contribution in [0, 0.1) is 29.0 Å². The number of benzene rings is 1. The molecular formula is C26H27ClFN3O. The average Bonchev–Trinajstić information content (AvgIpc) is 3.34. The highest BCUT2D eigenvalue weighted by molar-refractivity contribution is 6.29. The summed E-state index contributed by atoms with van der Waals surface area (Å²) in [5.74, 6) is 1.78. The van der Waals surface area contributed by atoms with Crippen molar-refractivity contribution < 1.29 is 9.18 Å². The van der Waals surface area contributed by atoms with Crippen LogP contribution in [0.3, 0.4) is 0 Å². The molecule has 6 heteroatoms. The number of aromatic nitrogens is 2. The number of rotatable bonds is 4. The van der Waals surface area contributed by atoms with Gasteiger partial charge in [-0.1, -0.05) is 25.4 Å². The third-order valence-electron chi connectivity index (χ3n) is 7.78. The fourth-order valence-corrected chi connectivity index (χ4v) is 5.99. The van der Waals surface area contributed by atoms with E-state index >= 15 is 0 Å². The van der Waals surface area contributed by atoms with Crippen molar-refractivity contribution in [3.63, 3.8) is 0 Å². The predicted octanol–water partition coefficient (Wildman–Crippen LogP) is 6.61. The lowest BCUT2D eigenvalue weighted by molar-refractivity contribution is -0.126. The zero-order chi connectivity index (χ0) is 22.5. The normalized spacial score (nSPS) is 25.1. The molecule has 2 aliphatic carbocycles. The van der Waals surface area contributed by atoms with E-state index in [0.29, 0.717) is 34.5 Å². The van der Waals surface area contributed by atoms with E-state index in [1.54, 1.807) is 30.5 Å². The molecule has 2 aromatic heterocycles. The van der Waals surface area contributed by atoms with Gasteiger partial charge in [0, 0.05) is 17.0 Å². The summed E-state index contributed by atoms with van der Waals surface area (Å²) in [5, 5.41) is 4.35. The van der Waals surface area contributed by atoms with Gasteiger partial charge >= 0.3 is 0 Å². The number of hydrogen-bond donors (Lipinski definition) is 1. The van der Waals surface area contributed by atoms with Crippen molar-refractivity contribution in [3.8, 4) is 0 Å². The number of halogens is 2. The van der Waals surface area contributed by atoms with Crippen LogP contribution in [-0.2, 0) is 4.79 Å². The molecule has 5 rings (SSSR count). The predicted molar refractivity (Wildman–Crippen MR) is 125 cm³/mol. The third kappa shape index (κ3) is 3.88. The SMILES string of the molecule is CC(C)(C(=O)Nc1ccc(Cl)nc1)C1CC2CC(c3ccnc4ccc(F)cc34)C[C@H]2C1. The van der Waals surface area contributed by atoms with E-state index in [2.05, 4.69) is 21.4 Å². The minimum atomic E-state index is -0.466. The molecule has 166 valence electrons. The van der Waals surface area contributed by atoms with Gasteiger partial charge < -0.3 is 5.32 Å². The highest BCUT2D eigenvalue weighted by atomic mass is 35.5. The molecule has 1 N–H and O–H groups in total. The van der Waals surface area contributed by atoms with Crippen molar-refractivity contribution in [2.24, 2.45) is 23.2 Å². The Morgan fingerprint density at radius 2 is 1.81 bits per heavy atom. The number of carbonyl (C=O) groups excluding carboxylic acids is 1. The van der Waals surface area contributed by atoms with Gasteiger partial charge in [-0.25, -0.2) is 9.37 Å². The first-order valence-electron chi connectivity index (χ1n) is 11.3. The first-order chi connectivity index (χ1) is 15.3. The topological polar surface area (TPSA) is 54.9 Å². The lowest BCUT2D eigenvalue weighted by atomic mass is 9.75. The standard InChI is InChI=1S/C26H27ClFN3O/c1-26(2,25(32)31-20-4-6-24(27)30-14-20)18-11-15-9-17(10-16(15)12-18)21-7-8-29-23-5-3-19(28)13-22(21)23/h3-8,13-18H,9-12H2,1-2H3,(H,31,32)/t15-,16?,17?,18?/m0/s1. The second-order valence-electron chi connectivity index (χ2n) is 9.96. The number of nitrogens with zero attached hydrogens (tertiary/aromatic N) is 2. The Labute approximate surface area is 192 Å². The molecule has 0 aliphatic heterocycles. The lowest BCUT2D eigenvalue weighted by Crippen LogP contribution is -2.37. The van der Waals surface area contributed by atoms with Gasteiger partial charge in [0.2, 0.25) is 5.91 Å². The second kappa shape index (κ2) is 8.11. The number of fused-ring (bicyclic) bond motifs is 2. The Hall–Kier alpha value is -2.53. The minimum absolute atomic E-state index is 0.0266. The second-order valence-corrected chi connectivity index (χ2v) is 10.4. The Morgan fingerprint density at radius 1 is 1.06 bits per heavy atom. The van der Waals surface area contributed by atoms with Crippen LogP contribution in [0.25, 0.3) is 10.9 Å². The van der Waals surface area contributed by atoms with Gasteiger partial charge in [0.15, 0.2) is 0 Å². The van der Waals surface area contributed by atoms with Crippen LogP contribution in [-0.4, -0.2) is 15.9 Å². The van der Waals surface area contributed by atoms with Crippen molar-refractivity contribution in [2.45, 2.75) is 45.4 Å².